The van der Waals surface area contributed by atoms with Crippen LogP contribution < -0.4 is 5.32 Å². The average molecular weight is 378 g/mol. The molecule has 1 fully saturated rings. The summed E-state index contributed by atoms with van der Waals surface area (Å²) < 4.78 is 5.88. The average Bonchev–Trinajstić information content (AvgIpc) is 2.78. The van der Waals surface area contributed by atoms with Gasteiger partial charge in [0.2, 0.25) is 0 Å². The summed E-state index contributed by atoms with van der Waals surface area (Å²) in [5.74, 6) is 0.957. The first-order valence-corrected chi connectivity index (χ1v) is 10.4. The van der Waals surface area contributed by atoms with Gasteiger partial charge in [-0.2, -0.15) is 0 Å². The lowest BCUT2D eigenvalue weighted by molar-refractivity contribution is -0.146. The number of benzene rings is 1. The van der Waals surface area contributed by atoms with Crippen LogP contribution in [0.1, 0.15) is 59.6 Å². The van der Waals surface area contributed by atoms with E-state index >= 15 is 0 Å². The minimum atomic E-state index is -0.488. The van der Waals surface area contributed by atoms with E-state index in [2.05, 4.69) is 16.4 Å². The van der Waals surface area contributed by atoms with Crippen LogP contribution in [-0.4, -0.2) is 40.5 Å². The van der Waals surface area contributed by atoms with Crippen molar-refractivity contribution in [2.75, 3.05) is 19.7 Å². The van der Waals surface area contributed by atoms with Crippen LogP contribution in [-0.2, 0) is 28.9 Å². The highest BCUT2D eigenvalue weighted by molar-refractivity contribution is 5.83. The van der Waals surface area contributed by atoms with Gasteiger partial charge in [0.15, 0.2) is 6.10 Å². The molecular weight excluding hydrogens is 352 g/mol. The first kappa shape index (κ1) is 17.8. The van der Waals surface area contributed by atoms with Crippen molar-refractivity contribution in [1.29, 1.82) is 0 Å². The number of hydrogen-bond donors (Lipinski definition) is 1. The topological polar surface area (TPSA) is 67.3 Å². The monoisotopic (exact) mass is 378 g/mol. The molecule has 6 heteroatoms. The Hall–Kier alpha value is -2.31. The lowest BCUT2D eigenvalue weighted by atomic mass is 9.96. The number of nitrogens with zero attached hydrogens (tertiary/aromatic N) is 3. The highest BCUT2D eigenvalue weighted by atomic mass is 16.5. The number of carbonyl (C=O) groups excluding carboxylic acids is 1. The third-order valence-corrected chi connectivity index (χ3v) is 6.10. The van der Waals surface area contributed by atoms with Gasteiger partial charge in [0.1, 0.15) is 5.82 Å². The zero-order chi connectivity index (χ0) is 18.9. The van der Waals surface area contributed by atoms with Crippen molar-refractivity contribution >= 4 is 5.91 Å². The van der Waals surface area contributed by atoms with Gasteiger partial charge in [-0.3, -0.25) is 4.79 Å². The Balaban J connectivity index is 1.33. The number of aromatic nitrogens is 2. The smallest absolute Gasteiger partial charge is 0.256 e. The molecule has 0 bridgehead atoms. The van der Waals surface area contributed by atoms with Crippen LogP contribution in [0, 0.1) is 0 Å². The molecule has 1 aromatic heterocycles. The molecule has 3 aliphatic rings. The first-order valence-electron chi connectivity index (χ1n) is 10.4. The van der Waals surface area contributed by atoms with Crippen molar-refractivity contribution < 1.29 is 9.53 Å². The fourth-order valence-corrected chi connectivity index (χ4v) is 4.52. The van der Waals surface area contributed by atoms with Crippen molar-refractivity contribution in [2.24, 2.45) is 0 Å². The molecular formula is C22H26N4O2. The van der Waals surface area contributed by atoms with Gasteiger partial charge in [-0.05, 0) is 36.9 Å². The maximum Gasteiger partial charge on any atom is 0.256 e. The highest BCUT2D eigenvalue weighted by Gasteiger charge is 2.33. The Morgan fingerprint density at radius 2 is 2.11 bits per heavy atom. The van der Waals surface area contributed by atoms with Gasteiger partial charge in [0, 0.05) is 31.3 Å². The quantitative estimate of drug-likeness (QED) is 0.870. The molecule has 4 heterocycles. The van der Waals surface area contributed by atoms with Crippen molar-refractivity contribution in [2.45, 2.75) is 50.8 Å². The molecule has 2 atom stereocenters. The second kappa shape index (κ2) is 7.60. The third-order valence-electron chi connectivity index (χ3n) is 6.10. The Kier molecular flexibility index (Phi) is 4.82. The molecule has 0 aliphatic carbocycles. The van der Waals surface area contributed by atoms with Gasteiger partial charge >= 0.3 is 0 Å². The molecule has 0 spiro atoms. The summed E-state index contributed by atoms with van der Waals surface area (Å²) in [4.78, 5) is 24.5. The largest absolute Gasteiger partial charge is 0.363 e. The number of fused-ring (bicyclic) bond motifs is 2. The van der Waals surface area contributed by atoms with E-state index in [0.717, 1.165) is 48.5 Å². The lowest BCUT2D eigenvalue weighted by Gasteiger charge is -2.33. The highest BCUT2D eigenvalue weighted by Crippen LogP contribution is 2.30. The van der Waals surface area contributed by atoms with E-state index in [1.165, 1.54) is 18.4 Å². The van der Waals surface area contributed by atoms with Crippen LogP contribution in [0.3, 0.4) is 0 Å². The number of ether oxygens (including phenoxy) is 1. The SMILES string of the molecule is O=C([C@@H]1OCCc2ccccc21)N1CCc2nc([C@H]3CCCCN3)ncc2C1. The van der Waals surface area contributed by atoms with Crippen molar-refractivity contribution in [3.05, 3.63) is 58.7 Å². The van der Waals surface area contributed by atoms with Gasteiger partial charge in [-0.15, -0.1) is 0 Å². The molecule has 1 amide bonds. The Labute approximate surface area is 165 Å². The molecule has 1 saturated heterocycles. The van der Waals surface area contributed by atoms with E-state index < -0.39 is 6.10 Å². The molecule has 146 valence electrons. The second-order valence-electron chi connectivity index (χ2n) is 7.91. The second-order valence-corrected chi connectivity index (χ2v) is 7.91. The number of hydrogen-bond acceptors (Lipinski definition) is 5. The lowest BCUT2D eigenvalue weighted by Crippen LogP contribution is -2.41. The summed E-state index contributed by atoms with van der Waals surface area (Å²) in [6.07, 6.45) is 6.63. The first-order chi connectivity index (χ1) is 13.8. The number of amides is 1. The molecule has 1 aromatic carbocycles. The fourth-order valence-electron chi connectivity index (χ4n) is 4.52. The minimum absolute atomic E-state index is 0.0517. The summed E-state index contributed by atoms with van der Waals surface area (Å²) >= 11 is 0. The molecule has 0 unspecified atom stereocenters. The molecule has 2 aromatic rings. The van der Waals surface area contributed by atoms with Gasteiger partial charge in [-0.25, -0.2) is 9.97 Å². The van der Waals surface area contributed by atoms with Gasteiger partial charge in [-0.1, -0.05) is 30.7 Å². The van der Waals surface area contributed by atoms with E-state index in [1.807, 2.05) is 29.3 Å². The Morgan fingerprint density at radius 3 is 3.00 bits per heavy atom. The number of piperidine rings is 1. The maximum atomic E-state index is 13.2. The van der Waals surface area contributed by atoms with Crippen LogP contribution in [0.25, 0.3) is 0 Å². The zero-order valence-electron chi connectivity index (χ0n) is 16.1. The summed E-state index contributed by atoms with van der Waals surface area (Å²) in [5.41, 5.74) is 4.38. The molecule has 28 heavy (non-hydrogen) atoms. The summed E-state index contributed by atoms with van der Waals surface area (Å²) in [6.45, 7) is 2.88. The van der Waals surface area contributed by atoms with Crippen LogP contribution in [0.15, 0.2) is 30.5 Å². The van der Waals surface area contributed by atoms with Gasteiger partial charge in [0.05, 0.1) is 18.3 Å². The van der Waals surface area contributed by atoms with E-state index in [9.17, 15) is 4.79 Å². The maximum absolute atomic E-state index is 13.2. The van der Waals surface area contributed by atoms with Gasteiger partial charge in [0.25, 0.3) is 5.91 Å². The molecule has 0 radical (unpaired) electrons. The van der Waals surface area contributed by atoms with Crippen LogP contribution in [0.4, 0.5) is 0 Å². The number of rotatable bonds is 2. The molecule has 3 aliphatic heterocycles. The zero-order valence-corrected chi connectivity index (χ0v) is 16.1. The number of nitrogens with one attached hydrogen (secondary N) is 1. The summed E-state index contributed by atoms with van der Waals surface area (Å²) in [7, 11) is 0. The van der Waals surface area contributed by atoms with E-state index in [0.29, 0.717) is 19.7 Å². The van der Waals surface area contributed by atoms with Crippen LogP contribution in [0.5, 0.6) is 0 Å². The Morgan fingerprint density at radius 1 is 1.18 bits per heavy atom. The predicted molar refractivity (Wildman–Crippen MR) is 105 cm³/mol. The molecule has 6 nitrogen and oxygen atoms in total. The summed E-state index contributed by atoms with van der Waals surface area (Å²) in [6, 6.07) is 8.39. The molecule has 5 rings (SSSR count). The third kappa shape index (κ3) is 3.31. The van der Waals surface area contributed by atoms with Crippen molar-refractivity contribution in [3.63, 3.8) is 0 Å². The van der Waals surface area contributed by atoms with E-state index in [4.69, 9.17) is 9.72 Å². The normalized spacial score (nSPS) is 24.4. The minimum Gasteiger partial charge on any atom is -0.363 e. The van der Waals surface area contributed by atoms with Gasteiger partial charge < -0.3 is 15.0 Å². The Bertz CT molecular complexity index is 879. The number of carbonyl (C=O) groups is 1. The van der Waals surface area contributed by atoms with Crippen LogP contribution >= 0.6 is 0 Å². The van der Waals surface area contributed by atoms with Crippen LogP contribution in [0.2, 0.25) is 0 Å². The summed E-state index contributed by atoms with van der Waals surface area (Å²) in [5, 5.41) is 3.52. The van der Waals surface area contributed by atoms with E-state index in [-0.39, 0.29) is 11.9 Å². The van der Waals surface area contributed by atoms with Crippen molar-refractivity contribution in [1.82, 2.24) is 20.2 Å². The molecule has 0 saturated carbocycles. The van der Waals surface area contributed by atoms with Crippen molar-refractivity contribution in [3.8, 4) is 0 Å². The fraction of sp³-hybridized carbons (Fsp3) is 0.500. The molecule has 1 N–H and O–H groups in total. The predicted octanol–water partition coefficient (Wildman–Crippen LogP) is 2.49. The standard InChI is InChI=1S/C22H26N4O2/c27-22(20-17-6-2-1-5-15(17)9-12-28-20)26-11-8-18-16(14-26)13-24-21(25-18)19-7-3-4-10-23-19/h1-2,5-6,13,19-20,23H,3-4,7-12,14H2/t19-,20-/m1/s1. The van der Waals surface area contributed by atoms with E-state index in [1.54, 1.807) is 0 Å².